The smallest absolute Gasteiger partial charge is 0.265 e. The van der Waals surface area contributed by atoms with Crippen molar-refractivity contribution in [2.45, 2.75) is 26.4 Å². The predicted molar refractivity (Wildman–Crippen MR) is 85.4 cm³/mol. The number of carbonyl (C=O) groups excluding carboxylic acids is 1. The summed E-state index contributed by atoms with van der Waals surface area (Å²) in [6.07, 6.45) is 0.406. The summed E-state index contributed by atoms with van der Waals surface area (Å²) in [6.45, 7) is 3.82. The first-order valence-electron chi connectivity index (χ1n) is 7.00. The molecule has 2 aromatic rings. The first-order chi connectivity index (χ1) is 10.1. The minimum atomic E-state index is -0.574. The lowest BCUT2D eigenvalue weighted by Crippen LogP contribution is -2.30. The van der Waals surface area contributed by atoms with Crippen molar-refractivity contribution in [2.24, 2.45) is 0 Å². The Kier molecular flexibility index (Phi) is 4.82. The zero-order valence-electron chi connectivity index (χ0n) is 12.3. The lowest BCUT2D eigenvalue weighted by molar-refractivity contribution is -0.122. The maximum absolute atomic E-state index is 12.1. The van der Waals surface area contributed by atoms with E-state index in [0.29, 0.717) is 17.1 Å². The average molecular weight is 284 g/mol. The second-order valence-electron chi connectivity index (χ2n) is 4.87. The van der Waals surface area contributed by atoms with Gasteiger partial charge in [-0.25, -0.2) is 0 Å². The lowest BCUT2D eigenvalue weighted by atomic mass is 10.2. The first-order valence-corrected chi connectivity index (χ1v) is 7.00. The van der Waals surface area contributed by atoms with E-state index in [1.807, 2.05) is 24.3 Å². The van der Waals surface area contributed by atoms with Gasteiger partial charge in [-0.2, -0.15) is 0 Å². The number of amides is 1. The standard InChI is InChI=1S/C17H20N2O2/c1-3-13-4-10-16(11-5-13)21-12(2)17(20)19-15-8-6-14(18)7-9-15/h4-12H,3,18H2,1-2H3,(H,19,20). The van der Waals surface area contributed by atoms with Crippen LogP contribution in [0.25, 0.3) is 0 Å². The number of hydrogen-bond acceptors (Lipinski definition) is 3. The molecule has 0 aliphatic heterocycles. The maximum atomic E-state index is 12.1. The molecule has 2 aromatic carbocycles. The Morgan fingerprint density at radius 3 is 2.33 bits per heavy atom. The van der Waals surface area contributed by atoms with Gasteiger partial charge in [0, 0.05) is 11.4 Å². The van der Waals surface area contributed by atoms with Crippen LogP contribution in [-0.2, 0) is 11.2 Å². The van der Waals surface area contributed by atoms with E-state index >= 15 is 0 Å². The van der Waals surface area contributed by atoms with Gasteiger partial charge in [-0.1, -0.05) is 19.1 Å². The monoisotopic (exact) mass is 284 g/mol. The van der Waals surface area contributed by atoms with E-state index in [9.17, 15) is 4.79 Å². The fourth-order valence-corrected chi connectivity index (χ4v) is 1.87. The molecular formula is C17H20N2O2. The van der Waals surface area contributed by atoms with Gasteiger partial charge < -0.3 is 15.8 Å². The third-order valence-electron chi connectivity index (χ3n) is 3.19. The number of hydrogen-bond donors (Lipinski definition) is 2. The Bertz CT molecular complexity index is 591. The van der Waals surface area contributed by atoms with E-state index in [-0.39, 0.29) is 5.91 Å². The van der Waals surface area contributed by atoms with Crippen LogP contribution in [0.1, 0.15) is 19.4 Å². The maximum Gasteiger partial charge on any atom is 0.265 e. The van der Waals surface area contributed by atoms with Gasteiger partial charge >= 0.3 is 0 Å². The molecule has 0 heterocycles. The number of carbonyl (C=O) groups is 1. The van der Waals surface area contributed by atoms with Gasteiger partial charge in [0.25, 0.3) is 5.91 Å². The van der Waals surface area contributed by atoms with Gasteiger partial charge in [-0.15, -0.1) is 0 Å². The molecule has 0 spiro atoms. The molecule has 0 aliphatic rings. The van der Waals surface area contributed by atoms with Crippen LogP contribution in [0.15, 0.2) is 48.5 Å². The average Bonchev–Trinajstić information content (AvgIpc) is 2.50. The normalized spacial score (nSPS) is 11.7. The van der Waals surface area contributed by atoms with Crippen molar-refractivity contribution in [2.75, 3.05) is 11.1 Å². The largest absolute Gasteiger partial charge is 0.481 e. The Hall–Kier alpha value is -2.49. The van der Waals surface area contributed by atoms with E-state index in [4.69, 9.17) is 10.5 Å². The molecule has 4 heteroatoms. The number of rotatable bonds is 5. The fraction of sp³-hybridized carbons (Fsp3) is 0.235. The molecule has 1 amide bonds. The molecule has 21 heavy (non-hydrogen) atoms. The molecule has 4 nitrogen and oxygen atoms in total. The number of aryl methyl sites for hydroxylation is 1. The fourth-order valence-electron chi connectivity index (χ4n) is 1.87. The summed E-state index contributed by atoms with van der Waals surface area (Å²) in [5, 5.41) is 2.79. The molecule has 0 saturated carbocycles. The number of benzene rings is 2. The van der Waals surface area contributed by atoms with Gasteiger partial charge in [0.2, 0.25) is 0 Å². The van der Waals surface area contributed by atoms with Crippen LogP contribution in [0.4, 0.5) is 11.4 Å². The number of nitrogen functional groups attached to an aromatic ring is 1. The summed E-state index contributed by atoms with van der Waals surface area (Å²) in [4.78, 5) is 12.1. The molecule has 2 rings (SSSR count). The molecule has 0 fully saturated rings. The van der Waals surface area contributed by atoms with Crippen LogP contribution >= 0.6 is 0 Å². The number of ether oxygens (including phenoxy) is 1. The first kappa shape index (κ1) is 14.9. The third kappa shape index (κ3) is 4.24. The Morgan fingerprint density at radius 2 is 1.76 bits per heavy atom. The van der Waals surface area contributed by atoms with Crippen molar-refractivity contribution >= 4 is 17.3 Å². The van der Waals surface area contributed by atoms with Gasteiger partial charge in [0.15, 0.2) is 6.10 Å². The van der Waals surface area contributed by atoms with E-state index in [0.717, 1.165) is 6.42 Å². The highest BCUT2D eigenvalue weighted by molar-refractivity contribution is 5.94. The number of anilines is 2. The molecule has 0 bridgehead atoms. The third-order valence-corrected chi connectivity index (χ3v) is 3.19. The summed E-state index contributed by atoms with van der Waals surface area (Å²) in [7, 11) is 0. The SMILES string of the molecule is CCc1ccc(OC(C)C(=O)Nc2ccc(N)cc2)cc1. The van der Waals surface area contributed by atoms with E-state index < -0.39 is 6.10 Å². The molecule has 0 saturated heterocycles. The van der Waals surface area contributed by atoms with Crippen LogP contribution in [0, 0.1) is 0 Å². The Balaban J connectivity index is 1.93. The van der Waals surface area contributed by atoms with Crippen molar-refractivity contribution in [3.63, 3.8) is 0 Å². The number of nitrogens with one attached hydrogen (secondary N) is 1. The van der Waals surface area contributed by atoms with E-state index in [2.05, 4.69) is 12.2 Å². The molecule has 110 valence electrons. The van der Waals surface area contributed by atoms with Crippen molar-refractivity contribution in [3.8, 4) is 5.75 Å². The van der Waals surface area contributed by atoms with Gasteiger partial charge in [-0.3, -0.25) is 4.79 Å². The zero-order chi connectivity index (χ0) is 15.2. The molecule has 1 atom stereocenters. The zero-order valence-corrected chi connectivity index (χ0v) is 12.3. The van der Waals surface area contributed by atoms with Crippen molar-refractivity contribution in [3.05, 3.63) is 54.1 Å². The highest BCUT2D eigenvalue weighted by Gasteiger charge is 2.14. The highest BCUT2D eigenvalue weighted by Crippen LogP contribution is 2.16. The summed E-state index contributed by atoms with van der Waals surface area (Å²) >= 11 is 0. The minimum Gasteiger partial charge on any atom is -0.481 e. The molecular weight excluding hydrogens is 264 g/mol. The molecule has 3 N–H and O–H groups in total. The summed E-state index contributed by atoms with van der Waals surface area (Å²) < 4.78 is 5.63. The summed E-state index contributed by atoms with van der Waals surface area (Å²) in [5.41, 5.74) is 8.20. The van der Waals surface area contributed by atoms with E-state index in [1.54, 1.807) is 31.2 Å². The second kappa shape index (κ2) is 6.79. The second-order valence-corrected chi connectivity index (χ2v) is 4.87. The predicted octanol–water partition coefficient (Wildman–Crippen LogP) is 3.24. The van der Waals surface area contributed by atoms with Crippen LogP contribution in [0.5, 0.6) is 5.75 Å². The van der Waals surface area contributed by atoms with E-state index in [1.165, 1.54) is 5.56 Å². The highest BCUT2D eigenvalue weighted by atomic mass is 16.5. The summed E-state index contributed by atoms with van der Waals surface area (Å²) in [5.74, 6) is 0.492. The topological polar surface area (TPSA) is 64.3 Å². The summed E-state index contributed by atoms with van der Waals surface area (Å²) in [6, 6.07) is 14.8. The molecule has 0 aromatic heterocycles. The number of nitrogens with two attached hydrogens (primary N) is 1. The van der Waals surface area contributed by atoms with Crippen LogP contribution < -0.4 is 15.8 Å². The van der Waals surface area contributed by atoms with Gasteiger partial charge in [0.1, 0.15) is 5.75 Å². The minimum absolute atomic E-state index is 0.195. The van der Waals surface area contributed by atoms with Crippen LogP contribution in [0.3, 0.4) is 0 Å². The van der Waals surface area contributed by atoms with Crippen LogP contribution in [-0.4, -0.2) is 12.0 Å². The Labute approximate surface area is 124 Å². The van der Waals surface area contributed by atoms with Gasteiger partial charge in [-0.05, 0) is 55.3 Å². The Morgan fingerprint density at radius 1 is 1.14 bits per heavy atom. The lowest BCUT2D eigenvalue weighted by Gasteiger charge is -2.15. The molecule has 0 radical (unpaired) electrons. The molecule has 1 unspecified atom stereocenters. The molecule has 0 aliphatic carbocycles. The van der Waals surface area contributed by atoms with Crippen LogP contribution in [0.2, 0.25) is 0 Å². The van der Waals surface area contributed by atoms with Crippen molar-refractivity contribution in [1.82, 2.24) is 0 Å². The van der Waals surface area contributed by atoms with Crippen molar-refractivity contribution < 1.29 is 9.53 Å². The van der Waals surface area contributed by atoms with Gasteiger partial charge in [0.05, 0.1) is 0 Å². The quantitative estimate of drug-likeness (QED) is 0.828. The van der Waals surface area contributed by atoms with Crippen molar-refractivity contribution in [1.29, 1.82) is 0 Å².